The number of aromatic nitrogens is 3. The minimum absolute atomic E-state index is 0.0544. The summed E-state index contributed by atoms with van der Waals surface area (Å²) < 4.78 is 7.23. The van der Waals surface area contributed by atoms with Gasteiger partial charge in [0, 0.05) is 11.9 Å². The molecule has 3 aromatic heterocycles. The summed E-state index contributed by atoms with van der Waals surface area (Å²) in [5.41, 5.74) is 1.96. The molecular weight excluding hydrogens is 404 g/mol. The van der Waals surface area contributed by atoms with Crippen molar-refractivity contribution in [2.45, 2.75) is 18.1 Å². The van der Waals surface area contributed by atoms with Gasteiger partial charge in [-0.1, -0.05) is 48.2 Å². The average molecular weight is 425 g/mol. The fourth-order valence-corrected chi connectivity index (χ4v) is 4.57. The van der Waals surface area contributed by atoms with Crippen LogP contribution < -0.4 is 5.32 Å². The molecule has 148 valence electrons. The number of thioether (sulfide) groups is 1. The molecule has 0 aliphatic carbocycles. The monoisotopic (exact) mass is 424 g/mol. The molecule has 6 nitrogen and oxygen atoms in total. The van der Waals surface area contributed by atoms with E-state index < -0.39 is 0 Å². The van der Waals surface area contributed by atoms with Gasteiger partial charge in [0.1, 0.15) is 5.76 Å². The number of thiophene rings is 1. The molecule has 1 amide bonds. The zero-order valence-electron chi connectivity index (χ0n) is 16.0. The molecule has 0 saturated carbocycles. The van der Waals surface area contributed by atoms with Crippen molar-refractivity contribution in [3.63, 3.8) is 0 Å². The molecule has 0 saturated heterocycles. The van der Waals surface area contributed by atoms with Crippen molar-refractivity contribution in [2.75, 3.05) is 5.75 Å². The molecule has 0 aliphatic heterocycles. The summed E-state index contributed by atoms with van der Waals surface area (Å²) in [7, 11) is 1.89. The lowest BCUT2D eigenvalue weighted by atomic mass is 10.1. The summed E-state index contributed by atoms with van der Waals surface area (Å²) in [4.78, 5) is 13.8. The number of carbonyl (C=O) groups is 1. The normalized spacial score (nSPS) is 12.1. The number of furan rings is 1. The summed E-state index contributed by atoms with van der Waals surface area (Å²) in [5, 5.41) is 14.3. The predicted octanol–water partition coefficient (Wildman–Crippen LogP) is 4.44. The molecular formula is C21H20N4O2S2. The fraction of sp³-hybridized carbons (Fsp3) is 0.190. The fourth-order valence-electron chi connectivity index (χ4n) is 3.04. The number of carbonyl (C=O) groups excluding carboxylic acids is 1. The Morgan fingerprint density at radius 3 is 2.72 bits per heavy atom. The first-order chi connectivity index (χ1) is 14.1. The Labute approximate surface area is 177 Å². The minimum Gasteiger partial charge on any atom is -0.469 e. The SMILES string of the molecule is Cc1occc1-c1nnc(SCC(=O)NC(c2ccccc2)c2cccs2)n1C. The average Bonchev–Trinajstić information content (AvgIpc) is 3.47. The van der Waals surface area contributed by atoms with E-state index in [1.165, 1.54) is 11.8 Å². The van der Waals surface area contributed by atoms with E-state index in [1.807, 2.05) is 72.4 Å². The number of amides is 1. The van der Waals surface area contributed by atoms with Crippen molar-refractivity contribution in [1.82, 2.24) is 20.1 Å². The third-order valence-corrected chi connectivity index (χ3v) is 6.49. The van der Waals surface area contributed by atoms with Crippen molar-refractivity contribution in [3.05, 3.63) is 76.4 Å². The first kappa shape index (κ1) is 19.5. The van der Waals surface area contributed by atoms with Crippen molar-refractivity contribution in [2.24, 2.45) is 7.05 Å². The standard InChI is InChI=1S/C21H20N4O2S2/c1-14-16(10-11-27-14)20-23-24-21(25(20)2)29-13-18(26)22-19(17-9-6-12-28-17)15-7-4-3-5-8-15/h3-12,19H,13H2,1-2H3,(H,22,26). The molecule has 29 heavy (non-hydrogen) atoms. The maximum absolute atomic E-state index is 12.7. The number of nitrogens with one attached hydrogen (secondary N) is 1. The second-order valence-corrected chi connectivity index (χ2v) is 8.39. The van der Waals surface area contributed by atoms with Gasteiger partial charge in [-0.15, -0.1) is 21.5 Å². The first-order valence-electron chi connectivity index (χ1n) is 9.08. The van der Waals surface area contributed by atoms with Crippen LogP contribution in [0.5, 0.6) is 0 Å². The molecule has 0 bridgehead atoms. The van der Waals surface area contributed by atoms with E-state index in [0.29, 0.717) is 5.16 Å². The molecule has 4 aromatic rings. The number of nitrogens with zero attached hydrogens (tertiary/aromatic N) is 3. The maximum atomic E-state index is 12.7. The molecule has 1 unspecified atom stereocenters. The van der Waals surface area contributed by atoms with E-state index in [2.05, 4.69) is 15.5 Å². The van der Waals surface area contributed by atoms with Crippen LogP contribution in [-0.4, -0.2) is 26.4 Å². The molecule has 0 spiro atoms. The molecule has 3 heterocycles. The van der Waals surface area contributed by atoms with Crippen LogP contribution in [0.15, 0.2) is 69.7 Å². The Balaban J connectivity index is 1.45. The van der Waals surface area contributed by atoms with E-state index in [-0.39, 0.29) is 17.7 Å². The number of hydrogen-bond acceptors (Lipinski definition) is 6. The van der Waals surface area contributed by atoms with Gasteiger partial charge in [-0.25, -0.2) is 0 Å². The van der Waals surface area contributed by atoms with E-state index in [1.54, 1.807) is 17.6 Å². The molecule has 0 fully saturated rings. The maximum Gasteiger partial charge on any atom is 0.231 e. The molecule has 1 aromatic carbocycles. The third-order valence-electron chi connectivity index (χ3n) is 4.53. The van der Waals surface area contributed by atoms with E-state index in [4.69, 9.17) is 4.42 Å². The van der Waals surface area contributed by atoms with Crippen molar-refractivity contribution < 1.29 is 9.21 Å². The van der Waals surface area contributed by atoms with Gasteiger partial charge in [0.05, 0.1) is 23.6 Å². The lowest BCUT2D eigenvalue weighted by Crippen LogP contribution is -2.30. The first-order valence-corrected chi connectivity index (χ1v) is 10.9. The van der Waals surface area contributed by atoms with Gasteiger partial charge in [-0.2, -0.15) is 0 Å². The number of aryl methyl sites for hydroxylation is 1. The summed E-state index contributed by atoms with van der Waals surface area (Å²) in [5.74, 6) is 1.71. The van der Waals surface area contributed by atoms with Crippen LogP contribution in [0.25, 0.3) is 11.4 Å². The molecule has 1 N–H and O–H groups in total. The van der Waals surface area contributed by atoms with Crippen LogP contribution in [0.3, 0.4) is 0 Å². The van der Waals surface area contributed by atoms with Gasteiger partial charge in [-0.05, 0) is 30.0 Å². The van der Waals surface area contributed by atoms with Gasteiger partial charge >= 0.3 is 0 Å². The molecule has 0 radical (unpaired) electrons. The second-order valence-electron chi connectivity index (χ2n) is 6.47. The zero-order chi connectivity index (χ0) is 20.2. The second kappa shape index (κ2) is 8.67. The zero-order valence-corrected chi connectivity index (χ0v) is 17.7. The van der Waals surface area contributed by atoms with Crippen molar-refractivity contribution >= 4 is 29.0 Å². The Kier molecular flexibility index (Phi) is 5.82. The number of benzene rings is 1. The van der Waals surface area contributed by atoms with Crippen LogP contribution in [0.2, 0.25) is 0 Å². The molecule has 1 atom stereocenters. The number of rotatable bonds is 7. The summed E-state index contributed by atoms with van der Waals surface area (Å²) >= 11 is 2.99. The lowest BCUT2D eigenvalue weighted by molar-refractivity contribution is -0.119. The van der Waals surface area contributed by atoms with Gasteiger partial charge in [0.2, 0.25) is 5.91 Å². The molecule has 4 rings (SSSR count). The van der Waals surface area contributed by atoms with Gasteiger partial charge < -0.3 is 14.3 Å². The highest BCUT2D eigenvalue weighted by molar-refractivity contribution is 7.99. The van der Waals surface area contributed by atoms with Crippen LogP contribution in [0.1, 0.15) is 22.2 Å². The largest absolute Gasteiger partial charge is 0.469 e. The van der Waals surface area contributed by atoms with Gasteiger partial charge in [0.15, 0.2) is 11.0 Å². The van der Waals surface area contributed by atoms with Gasteiger partial charge in [0.25, 0.3) is 0 Å². The van der Waals surface area contributed by atoms with Crippen LogP contribution in [-0.2, 0) is 11.8 Å². The smallest absolute Gasteiger partial charge is 0.231 e. The van der Waals surface area contributed by atoms with E-state index in [9.17, 15) is 4.79 Å². The van der Waals surface area contributed by atoms with Crippen molar-refractivity contribution in [3.8, 4) is 11.4 Å². The quantitative estimate of drug-likeness (QED) is 0.444. The Morgan fingerprint density at radius 2 is 2.03 bits per heavy atom. The highest BCUT2D eigenvalue weighted by Crippen LogP contribution is 2.28. The lowest BCUT2D eigenvalue weighted by Gasteiger charge is -2.18. The van der Waals surface area contributed by atoms with Crippen LogP contribution >= 0.6 is 23.1 Å². The molecule has 8 heteroatoms. The Bertz CT molecular complexity index is 1090. The Hall–Kier alpha value is -2.84. The van der Waals surface area contributed by atoms with Gasteiger partial charge in [-0.3, -0.25) is 4.79 Å². The minimum atomic E-state index is -0.159. The van der Waals surface area contributed by atoms with E-state index in [0.717, 1.165) is 27.6 Å². The molecule has 0 aliphatic rings. The topological polar surface area (TPSA) is 72.9 Å². The third kappa shape index (κ3) is 4.28. The van der Waals surface area contributed by atoms with Crippen LogP contribution in [0, 0.1) is 6.92 Å². The highest BCUT2D eigenvalue weighted by atomic mass is 32.2. The van der Waals surface area contributed by atoms with Crippen molar-refractivity contribution in [1.29, 1.82) is 0 Å². The van der Waals surface area contributed by atoms with Crippen LogP contribution in [0.4, 0.5) is 0 Å². The van der Waals surface area contributed by atoms with E-state index >= 15 is 0 Å². The Morgan fingerprint density at radius 1 is 1.21 bits per heavy atom. The predicted molar refractivity (Wildman–Crippen MR) is 115 cm³/mol. The summed E-state index contributed by atoms with van der Waals surface area (Å²) in [6, 6.07) is 15.7. The highest BCUT2D eigenvalue weighted by Gasteiger charge is 2.19. The number of hydrogen-bond donors (Lipinski definition) is 1. The summed E-state index contributed by atoms with van der Waals surface area (Å²) in [6.45, 7) is 1.89. The summed E-state index contributed by atoms with van der Waals surface area (Å²) in [6.07, 6.45) is 1.63.